The fraction of sp³-hybridized carbons (Fsp3) is 0.467. The largest absolute Gasteiger partial charge is 0.492 e. The first-order valence-corrected chi connectivity index (χ1v) is 7.57. The molecule has 0 aliphatic carbocycles. The van der Waals surface area contributed by atoms with Crippen molar-refractivity contribution in [1.29, 1.82) is 0 Å². The Kier molecular flexibility index (Phi) is 4.72. The van der Waals surface area contributed by atoms with E-state index in [2.05, 4.69) is 9.97 Å². The van der Waals surface area contributed by atoms with Crippen molar-refractivity contribution in [3.05, 3.63) is 24.7 Å². The van der Waals surface area contributed by atoms with Gasteiger partial charge in [-0.2, -0.15) is 0 Å². The minimum absolute atomic E-state index is 0.158. The van der Waals surface area contributed by atoms with Gasteiger partial charge >= 0.3 is 0 Å². The summed E-state index contributed by atoms with van der Waals surface area (Å²) in [5, 5.41) is 0.891. The van der Waals surface area contributed by atoms with Gasteiger partial charge in [-0.05, 0) is 0 Å². The smallest absolute Gasteiger partial charge is 0.134 e. The second kappa shape index (κ2) is 6.91. The molecule has 1 aliphatic rings. The highest BCUT2D eigenvalue weighted by atomic mass is 35.5. The molecule has 1 fully saturated rings. The lowest BCUT2D eigenvalue weighted by molar-refractivity contribution is 0.0261. The van der Waals surface area contributed by atoms with E-state index in [0.29, 0.717) is 18.2 Å². The van der Waals surface area contributed by atoms with Crippen LogP contribution in [0.25, 0.3) is 10.9 Å². The predicted octanol–water partition coefficient (Wildman–Crippen LogP) is 2.81. The van der Waals surface area contributed by atoms with Crippen molar-refractivity contribution in [3.8, 4) is 11.5 Å². The summed E-state index contributed by atoms with van der Waals surface area (Å²) in [6.07, 6.45) is 5.23. The molecule has 0 saturated carbocycles. The molecule has 2 aromatic rings. The predicted molar refractivity (Wildman–Crippen MR) is 80.2 cm³/mol. The molecule has 2 heterocycles. The van der Waals surface area contributed by atoms with E-state index in [4.69, 9.17) is 25.8 Å². The van der Waals surface area contributed by atoms with Crippen LogP contribution in [0, 0.1) is 0 Å². The van der Waals surface area contributed by atoms with Crippen molar-refractivity contribution in [3.63, 3.8) is 0 Å². The van der Waals surface area contributed by atoms with Gasteiger partial charge in [-0.15, -0.1) is 11.6 Å². The Morgan fingerprint density at radius 3 is 2.95 bits per heavy atom. The average Bonchev–Trinajstić information content (AvgIpc) is 2.54. The first kappa shape index (κ1) is 14.4. The number of hydrogen-bond donors (Lipinski definition) is 0. The third-order valence-electron chi connectivity index (χ3n) is 3.37. The fourth-order valence-electron chi connectivity index (χ4n) is 2.34. The van der Waals surface area contributed by atoms with Crippen LogP contribution in [-0.4, -0.2) is 41.8 Å². The highest BCUT2D eigenvalue weighted by Crippen LogP contribution is 2.31. The third-order valence-corrected chi connectivity index (χ3v) is 3.52. The minimum atomic E-state index is 0.158. The molecular formula is C15H17ClN2O3. The summed E-state index contributed by atoms with van der Waals surface area (Å²) in [4.78, 5) is 8.36. The molecule has 0 N–H and O–H groups in total. The summed E-state index contributed by atoms with van der Waals surface area (Å²) < 4.78 is 17.1. The Morgan fingerprint density at radius 2 is 2.14 bits per heavy atom. The zero-order valence-electron chi connectivity index (χ0n) is 11.6. The van der Waals surface area contributed by atoms with Gasteiger partial charge in [0.15, 0.2) is 0 Å². The Hall–Kier alpha value is -1.59. The molecule has 0 spiro atoms. The van der Waals surface area contributed by atoms with Crippen molar-refractivity contribution in [2.45, 2.75) is 18.9 Å². The lowest BCUT2D eigenvalue weighted by atomic mass is 10.1. The van der Waals surface area contributed by atoms with Crippen LogP contribution >= 0.6 is 11.6 Å². The molecule has 0 atom stereocenters. The van der Waals surface area contributed by atoms with Crippen LogP contribution in [0.3, 0.4) is 0 Å². The van der Waals surface area contributed by atoms with E-state index in [1.54, 1.807) is 6.20 Å². The average molecular weight is 309 g/mol. The molecule has 1 aromatic heterocycles. The van der Waals surface area contributed by atoms with Gasteiger partial charge in [-0.25, -0.2) is 9.97 Å². The van der Waals surface area contributed by atoms with Gasteiger partial charge in [-0.1, -0.05) is 0 Å². The quantitative estimate of drug-likeness (QED) is 0.795. The van der Waals surface area contributed by atoms with Gasteiger partial charge in [-0.3, -0.25) is 0 Å². The summed E-state index contributed by atoms with van der Waals surface area (Å²) in [6.45, 7) is 1.93. The monoisotopic (exact) mass is 308 g/mol. The molecule has 1 aliphatic heterocycles. The molecular weight excluding hydrogens is 292 g/mol. The SMILES string of the molecule is ClCCOc1cc(OC2CCOCC2)c2cncnc2c1. The lowest BCUT2D eigenvalue weighted by Crippen LogP contribution is -2.26. The van der Waals surface area contributed by atoms with Crippen LogP contribution in [0.2, 0.25) is 0 Å². The maximum absolute atomic E-state index is 6.12. The molecule has 0 bridgehead atoms. The Bertz CT molecular complexity index is 602. The number of rotatable bonds is 5. The van der Waals surface area contributed by atoms with Gasteiger partial charge in [0, 0.05) is 31.2 Å². The zero-order valence-corrected chi connectivity index (χ0v) is 12.4. The molecule has 0 amide bonds. The van der Waals surface area contributed by atoms with Crippen molar-refractivity contribution in [1.82, 2.24) is 9.97 Å². The number of aromatic nitrogens is 2. The van der Waals surface area contributed by atoms with E-state index in [9.17, 15) is 0 Å². The van der Waals surface area contributed by atoms with Crippen LogP contribution < -0.4 is 9.47 Å². The van der Waals surface area contributed by atoms with Crippen molar-refractivity contribution < 1.29 is 14.2 Å². The minimum Gasteiger partial charge on any atom is -0.492 e. The third kappa shape index (κ3) is 3.54. The molecule has 6 heteroatoms. The van der Waals surface area contributed by atoms with Crippen LogP contribution in [0.4, 0.5) is 0 Å². The Morgan fingerprint density at radius 1 is 1.29 bits per heavy atom. The van der Waals surface area contributed by atoms with Crippen molar-refractivity contribution in [2.75, 3.05) is 25.7 Å². The summed E-state index contributed by atoms with van der Waals surface area (Å²) in [5.74, 6) is 1.91. The highest BCUT2D eigenvalue weighted by molar-refractivity contribution is 6.18. The second-order valence-corrected chi connectivity index (χ2v) is 5.22. The molecule has 5 nitrogen and oxygen atoms in total. The molecule has 0 unspecified atom stereocenters. The summed E-state index contributed by atoms with van der Waals surface area (Å²) in [5.41, 5.74) is 0.805. The Labute approximate surface area is 128 Å². The number of alkyl halides is 1. The second-order valence-electron chi connectivity index (χ2n) is 4.84. The Balaban J connectivity index is 1.89. The van der Waals surface area contributed by atoms with Crippen LogP contribution in [0.5, 0.6) is 11.5 Å². The number of halogens is 1. The first-order chi connectivity index (χ1) is 10.4. The maximum Gasteiger partial charge on any atom is 0.134 e. The molecule has 3 rings (SSSR count). The van der Waals surface area contributed by atoms with Gasteiger partial charge < -0.3 is 14.2 Å². The van der Waals surface area contributed by atoms with E-state index in [1.807, 2.05) is 12.1 Å². The van der Waals surface area contributed by atoms with Crippen molar-refractivity contribution >= 4 is 22.5 Å². The number of fused-ring (bicyclic) bond motifs is 1. The fourth-order valence-corrected chi connectivity index (χ4v) is 2.42. The number of nitrogens with zero attached hydrogens (tertiary/aromatic N) is 2. The number of benzene rings is 1. The zero-order chi connectivity index (χ0) is 14.5. The molecule has 21 heavy (non-hydrogen) atoms. The van der Waals surface area contributed by atoms with Crippen molar-refractivity contribution in [2.24, 2.45) is 0 Å². The summed E-state index contributed by atoms with van der Waals surface area (Å²) in [7, 11) is 0. The van der Waals surface area contributed by atoms with E-state index in [-0.39, 0.29) is 6.10 Å². The summed E-state index contributed by atoms with van der Waals surface area (Å²) >= 11 is 5.67. The summed E-state index contributed by atoms with van der Waals surface area (Å²) in [6, 6.07) is 3.76. The standard InChI is InChI=1S/C15H17ClN2O3/c16-3-6-20-12-7-14-13(9-17-10-18-14)15(8-12)21-11-1-4-19-5-2-11/h7-11H,1-6H2. The van der Waals surface area contributed by atoms with Crippen LogP contribution in [0.1, 0.15) is 12.8 Å². The van der Waals surface area contributed by atoms with Crippen LogP contribution in [0.15, 0.2) is 24.7 Å². The maximum atomic E-state index is 6.12. The molecule has 112 valence electrons. The normalized spacial score (nSPS) is 16.0. The lowest BCUT2D eigenvalue weighted by Gasteiger charge is -2.24. The number of hydrogen-bond acceptors (Lipinski definition) is 5. The van der Waals surface area contributed by atoms with Crippen LogP contribution in [-0.2, 0) is 4.74 Å². The van der Waals surface area contributed by atoms with E-state index in [1.165, 1.54) is 6.33 Å². The van der Waals surface area contributed by atoms with E-state index in [0.717, 1.165) is 42.7 Å². The molecule has 0 radical (unpaired) electrons. The van der Waals surface area contributed by atoms with Gasteiger partial charge in [0.2, 0.25) is 0 Å². The number of ether oxygens (including phenoxy) is 3. The molecule has 1 aromatic carbocycles. The topological polar surface area (TPSA) is 53.5 Å². The van der Waals surface area contributed by atoms with E-state index < -0.39 is 0 Å². The van der Waals surface area contributed by atoms with Gasteiger partial charge in [0.1, 0.15) is 30.5 Å². The molecule has 1 saturated heterocycles. The van der Waals surface area contributed by atoms with E-state index >= 15 is 0 Å². The van der Waals surface area contributed by atoms with Gasteiger partial charge in [0.25, 0.3) is 0 Å². The first-order valence-electron chi connectivity index (χ1n) is 7.04. The highest BCUT2D eigenvalue weighted by Gasteiger charge is 2.17. The van der Waals surface area contributed by atoms with Gasteiger partial charge in [0.05, 0.1) is 30.0 Å².